The number of hydrogen-bond acceptors (Lipinski definition) is 6. The maximum absolute atomic E-state index is 13.1. The van der Waals surface area contributed by atoms with Crippen molar-refractivity contribution in [1.29, 1.82) is 0 Å². The van der Waals surface area contributed by atoms with Crippen LogP contribution in [-0.2, 0) is 38.5 Å². The number of aromatic hydroxyl groups is 1. The lowest BCUT2D eigenvalue weighted by molar-refractivity contribution is -0.134. The fourth-order valence-corrected chi connectivity index (χ4v) is 9.94. The zero-order valence-electron chi connectivity index (χ0n) is 31.7. The monoisotopic (exact) mass is 832 g/mol. The fraction of sp³-hybridized carbons (Fsp3) is 0.535. The van der Waals surface area contributed by atoms with Gasteiger partial charge in [0, 0.05) is 71.3 Å². The van der Waals surface area contributed by atoms with Gasteiger partial charge in [-0.2, -0.15) is 0 Å². The van der Waals surface area contributed by atoms with E-state index in [1.54, 1.807) is 26.4 Å². The Hall–Kier alpha value is -2.72. The minimum Gasteiger partial charge on any atom is -0.508 e. The molecule has 3 aromatic carbocycles. The summed E-state index contributed by atoms with van der Waals surface area (Å²) in [5, 5.41) is 11.5. The zero-order chi connectivity index (χ0) is 39.1. The molecule has 2 saturated carbocycles. The van der Waals surface area contributed by atoms with E-state index in [1.807, 2.05) is 35.2 Å². The van der Waals surface area contributed by atoms with Gasteiger partial charge in [-0.15, -0.1) is 0 Å². The lowest BCUT2D eigenvalue weighted by Gasteiger charge is -2.34. The molecule has 2 aliphatic carbocycles. The molecule has 4 aliphatic rings. The van der Waals surface area contributed by atoms with E-state index in [2.05, 4.69) is 4.90 Å². The first-order valence-electron chi connectivity index (χ1n) is 19.5. The summed E-state index contributed by atoms with van der Waals surface area (Å²) in [6, 6.07) is 17.2. The molecule has 0 spiro atoms. The third-order valence-electron chi connectivity index (χ3n) is 11.9. The van der Waals surface area contributed by atoms with Gasteiger partial charge in [-0.05, 0) is 118 Å². The van der Waals surface area contributed by atoms with Gasteiger partial charge in [-0.3, -0.25) is 9.59 Å². The van der Waals surface area contributed by atoms with Gasteiger partial charge < -0.3 is 29.1 Å². The molecule has 2 aliphatic heterocycles. The topological polar surface area (TPSA) is 88.5 Å². The molecule has 7 rings (SSSR count). The Balaban J connectivity index is 0.000000193. The highest BCUT2D eigenvalue weighted by atomic mass is 35.5. The van der Waals surface area contributed by atoms with E-state index in [9.17, 15) is 14.7 Å². The smallest absolute Gasteiger partial charge is 0.226 e. The molecule has 4 fully saturated rings. The number of methoxy groups -OCH3 is 2. The quantitative estimate of drug-likeness (QED) is 0.207. The first kappa shape index (κ1) is 41.9. The molecule has 2 amide bonds. The summed E-state index contributed by atoms with van der Waals surface area (Å²) < 4.78 is 16.7. The number of benzene rings is 3. The van der Waals surface area contributed by atoms with E-state index in [-0.39, 0.29) is 29.4 Å². The van der Waals surface area contributed by atoms with Crippen molar-refractivity contribution < 1.29 is 28.9 Å². The summed E-state index contributed by atoms with van der Waals surface area (Å²) in [5.41, 5.74) is 2.66. The fourth-order valence-electron chi connectivity index (χ4n) is 8.69. The first-order valence-corrected chi connectivity index (χ1v) is 21.0. The van der Waals surface area contributed by atoms with Crippen molar-refractivity contribution in [3.8, 4) is 11.5 Å². The predicted molar refractivity (Wildman–Crippen MR) is 219 cm³/mol. The Morgan fingerprint density at radius 1 is 0.618 bits per heavy atom. The average Bonchev–Trinajstić information content (AvgIpc) is 3.74. The van der Waals surface area contributed by atoms with Crippen LogP contribution in [0.15, 0.2) is 54.6 Å². The van der Waals surface area contributed by atoms with Crippen molar-refractivity contribution in [1.82, 2.24) is 9.80 Å². The van der Waals surface area contributed by atoms with Gasteiger partial charge in [0.2, 0.25) is 11.8 Å². The Kier molecular flexibility index (Phi) is 14.9. The number of amides is 2. The summed E-state index contributed by atoms with van der Waals surface area (Å²) in [6.07, 6.45) is 11.6. The van der Waals surface area contributed by atoms with E-state index in [1.165, 1.54) is 12.1 Å². The van der Waals surface area contributed by atoms with Crippen LogP contribution in [0.3, 0.4) is 0 Å². The number of halogens is 4. The molecule has 55 heavy (non-hydrogen) atoms. The lowest BCUT2D eigenvalue weighted by atomic mass is 9.91. The minimum absolute atomic E-state index is 0.0445. The zero-order valence-corrected chi connectivity index (χ0v) is 34.7. The van der Waals surface area contributed by atoms with Gasteiger partial charge in [0.25, 0.3) is 0 Å². The standard InChI is InChI=1S/C25H29Cl2NO3.C18H23Cl2NO3/c1-30-20-9-7-19(8-10-20)28-12-11-18(25(28)29)13-22-23(26)14-21(15-24(22)27)31-16-17-5-3-2-4-6-17;1-24-14-4-2-12(3-5-14)21-7-6-11(18(21)23)8-15-16(19)9-13(22)10-17(15)20/h2-6,14-15,18-20H,7-13,16H2,1H3;9-12,14,22H,2-8H2,1H3/t18-,19?,20?;11-,12?,14?/m00/s1. The van der Waals surface area contributed by atoms with Crippen molar-refractivity contribution in [3.05, 3.63) is 91.4 Å². The maximum Gasteiger partial charge on any atom is 0.226 e. The number of phenols is 1. The van der Waals surface area contributed by atoms with Crippen LogP contribution < -0.4 is 4.74 Å². The Morgan fingerprint density at radius 2 is 1.04 bits per heavy atom. The summed E-state index contributed by atoms with van der Waals surface area (Å²) in [6.45, 7) is 2.08. The normalized spacial score (nSPS) is 25.6. The van der Waals surface area contributed by atoms with Gasteiger partial charge in [-0.25, -0.2) is 0 Å². The molecule has 2 atom stereocenters. The molecule has 12 heteroatoms. The van der Waals surface area contributed by atoms with Crippen molar-refractivity contribution in [2.24, 2.45) is 11.8 Å². The number of phenolic OH excluding ortho intramolecular Hbond substituents is 1. The summed E-state index contributed by atoms with van der Waals surface area (Å²) in [5.74, 6) is 0.976. The third kappa shape index (κ3) is 10.6. The molecule has 0 radical (unpaired) electrons. The van der Waals surface area contributed by atoms with Crippen LogP contribution in [0.1, 0.15) is 80.9 Å². The Morgan fingerprint density at radius 3 is 1.45 bits per heavy atom. The molecular weight excluding hydrogens is 782 g/mol. The number of carbonyl (C=O) groups excluding carboxylic acids is 2. The molecule has 0 bridgehead atoms. The Bertz CT molecular complexity index is 1720. The number of rotatable bonds is 11. The highest BCUT2D eigenvalue weighted by Gasteiger charge is 2.39. The van der Waals surface area contributed by atoms with Gasteiger partial charge in [-0.1, -0.05) is 76.7 Å². The van der Waals surface area contributed by atoms with Crippen LogP contribution in [0.2, 0.25) is 20.1 Å². The molecule has 2 heterocycles. The number of hydrogen-bond donors (Lipinski definition) is 1. The SMILES string of the molecule is COC1CCC(N2CC[C@@H](Cc3c(Cl)cc(O)cc3Cl)C2=O)CC1.COC1CCC(N2CC[C@@H](Cc3c(Cl)cc(OCc4ccccc4)cc3Cl)C2=O)CC1. The van der Waals surface area contributed by atoms with Crippen LogP contribution in [0.4, 0.5) is 0 Å². The van der Waals surface area contributed by atoms with E-state index >= 15 is 0 Å². The molecule has 2 saturated heterocycles. The third-order valence-corrected chi connectivity index (χ3v) is 13.3. The van der Waals surface area contributed by atoms with E-state index < -0.39 is 0 Å². The molecule has 3 aromatic rings. The second-order valence-corrected chi connectivity index (χ2v) is 16.9. The molecule has 298 valence electrons. The van der Waals surface area contributed by atoms with Gasteiger partial charge >= 0.3 is 0 Å². The average molecular weight is 835 g/mol. The predicted octanol–water partition coefficient (Wildman–Crippen LogP) is 9.97. The largest absolute Gasteiger partial charge is 0.508 e. The number of carbonyl (C=O) groups is 2. The Labute approximate surface area is 345 Å². The second kappa shape index (κ2) is 19.6. The van der Waals surface area contributed by atoms with Crippen molar-refractivity contribution >= 4 is 58.2 Å². The minimum atomic E-state index is -0.0790. The van der Waals surface area contributed by atoms with Crippen LogP contribution in [0.25, 0.3) is 0 Å². The highest BCUT2D eigenvalue weighted by Crippen LogP contribution is 2.38. The summed E-state index contributed by atoms with van der Waals surface area (Å²) >= 11 is 25.5. The van der Waals surface area contributed by atoms with Crippen LogP contribution in [-0.4, -0.2) is 78.3 Å². The van der Waals surface area contributed by atoms with Gasteiger partial charge in [0.1, 0.15) is 18.1 Å². The number of ether oxygens (including phenoxy) is 3. The van der Waals surface area contributed by atoms with Crippen molar-refractivity contribution in [2.75, 3.05) is 27.3 Å². The van der Waals surface area contributed by atoms with E-state index in [0.29, 0.717) is 69.6 Å². The maximum atomic E-state index is 13.1. The van der Waals surface area contributed by atoms with Crippen molar-refractivity contribution in [3.63, 3.8) is 0 Å². The van der Waals surface area contributed by atoms with Gasteiger partial charge in [0.05, 0.1) is 12.2 Å². The molecule has 1 N–H and O–H groups in total. The van der Waals surface area contributed by atoms with Gasteiger partial charge in [0.15, 0.2) is 0 Å². The van der Waals surface area contributed by atoms with Crippen LogP contribution >= 0.6 is 46.4 Å². The van der Waals surface area contributed by atoms with Crippen molar-refractivity contribution in [2.45, 2.75) is 108 Å². The summed E-state index contributed by atoms with van der Waals surface area (Å²) in [7, 11) is 3.53. The first-order chi connectivity index (χ1) is 26.5. The molecule has 0 unspecified atom stereocenters. The van der Waals surface area contributed by atoms with Crippen LogP contribution in [0, 0.1) is 11.8 Å². The van der Waals surface area contributed by atoms with E-state index in [4.69, 9.17) is 60.6 Å². The second-order valence-electron chi connectivity index (χ2n) is 15.3. The molecular formula is C43H52Cl4N2O6. The number of likely N-dealkylation sites (tertiary alicyclic amines) is 2. The molecule has 8 nitrogen and oxygen atoms in total. The highest BCUT2D eigenvalue weighted by molar-refractivity contribution is 6.36. The molecule has 0 aromatic heterocycles. The van der Waals surface area contributed by atoms with Crippen LogP contribution in [0.5, 0.6) is 11.5 Å². The van der Waals surface area contributed by atoms with E-state index in [0.717, 1.165) is 94.0 Å². The number of nitrogens with zero attached hydrogens (tertiary/aromatic N) is 2. The summed E-state index contributed by atoms with van der Waals surface area (Å²) in [4.78, 5) is 30.0. The lowest BCUT2D eigenvalue weighted by Crippen LogP contribution is -2.41.